The summed E-state index contributed by atoms with van der Waals surface area (Å²) < 4.78 is 10.6. The van der Waals surface area contributed by atoms with Gasteiger partial charge in [0.2, 0.25) is 5.88 Å². The number of carbonyl (C=O) groups is 3. The van der Waals surface area contributed by atoms with Gasteiger partial charge in [-0.2, -0.15) is 0 Å². The van der Waals surface area contributed by atoms with Crippen LogP contribution < -0.4 is 5.32 Å². The second kappa shape index (κ2) is 7.97. The highest BCUT2D eigenvalue weighted by Gasteiger charge is 2.67. The van der Waals surface area contributed by atoms with Crippen LogP contribution in [0.2, 0.25) is 0 Å². The molecule has 35 heavy (non-hydrogen) atoms. The normalized spacial score (nSPS) is 22.1. The molecule has 3 aromatic rings. The van der Waals surface area contributed by atoms with Crippen molar-refractivity contribution in [2.24, 2.45) is 5.92 Å². The molecular weight excluding hydrogens is 450 g/mol. The molecule has 2 N–H and O–H groups in total. The van der Waals surface area contributed by atoms with Crippen molar-refractivity contribution in [1.29, 1.82) is 0 Å². The largest absolute Gasteiger partial charge is 0.479 e. The molecule has 6 rings (SSSR count). The maximum absolute atomic E-state index is 13.0. The van der Waals surface area contributed by atoms with Gasteiger partial charge in [0.15, 0.2) is 5.69 Å². The number of carbonyl (C=O) groups excluding carboxylic acids is 2. The number of hydrogen-bond acceptors (Lipinski definition) is 6. The maximum Gasteiger partial charge on any atom is 0.414 e. The molecule has 2 atom stereocenters. The van der Waals surface area contributed by atoms with E-state index in [4.69, 9.17) is 9.26 Å². The van der Waals surface area contributed by atoms with E-state index >= 15 is 0 Å². The highest BCUT2D eigenvalue weighted by Crippen LogP contribution is 2.54. The van der Waals surface area contributed by atoms with Gasteiger partial charge in [0.25, 0.3) is 5.91 Å². The van der Waals surface area contributed by atoms with Crippen LogP contribution >= 0.6 is 0 Å². The molecule has 1 aliphatic heterocycles. The van der Waals surface area contributed by atoms with Crippen LogP contribution in [0, 0.1) is 5.92 Å². The van der Waals surface area contributed by atoms with Crippen LogP contribution in [0.3, 0.4) is 0 Å². The van der Waals surface area contributed by atoms with Gasteiger partial charge >= 0.3 is 12.1 Å². The monoisotopic (exact) mass is 473 g/mol. The van der Waals surface area contributed by atoms with Gasteiger partial charge in [-0.25, -0.2) is 9.59 Å². The van der Waals surface area contributed by atoms with E-state index in [1.54, 1.807) is 0 Å². The van der Waals surface area contributed by atoms with Gasteiger partial charge in [-0.1, -0.05) is 53.7 Å². The smallest absolute Gasteiger partial charge is 0.414 e. The summed E-state index contributed by atoms with van der Waals surface area (Å²) in [5.74, 6) is -1.66. The summed E-state index contributed by atoms with van der Waals surface area (Å²) in [6, 6.07) is 17.4. The van der Waals surface area contributed by atoms with E-state index < -0.39 is 23.5 Å². The number of fused-ring (bicyclic) bond motifs is 4. The van der Waals surface area contributed by atoms with Crippen molar-refractivity contribution in [2.75, 3.05) is 18.5 Å². The number of nitrogens with zero attached hydrogens (tertiary/aromatic N) is 2. The number of carboxylic acids is 1. The lowest BCUT2D eigenvalue weighted by Gasteiger charge is -2.32. The molecular formula is C26H23N3O6. The van der Waals surface area contributed by atoms with Crippen molar-refractivity contribution >= 4 is 23.9 Å². The van der Waals surface area contributed by atoms with Crippen molar-refractivity contribution < 1.29 is 28.8 Å². The third-order valence-corrected chi connectivity index (χ3v) is 7.40. The molecule has 1 aromatic heterocycles. The fourth-order valence-corrected chi connectivity index (χ4v) is 5.65. The quantitative estimate of drug-likeness (QED) is 0.572. The van der Waals surface area contributed by atoms with Crippen molar-refractivity contribution in [3.63, 3.8) is 0 Å². The number of benzene rings is 2. The molecule has 2 unspecified atom stereocenters. The molecule has 2 aromatic carbocycles. The molecule has 9 nitrogen and oxygen atoms in total. The SMILES string of the molecule is O=C(Nc1cc(C(=O)N2CCCC3CC32C(=O)O)no1)OCC1c2ccccc2-c2ccccc21. The molecule has 0 spiro atoms. The predicted octanol–water partition coefficient (Wildman–Crippen LogP) is 4.11. The molecule has 3 aliphatic rings. The van der Waals surface area contributed by atoms with Crippen LogP contribution in [0.5, 0.6) is 0 Å². The fraction of sp³-hybridized carbons (Fsp3) is 0.308. The molecule has 2 aliphatic carbocycles. The number of piperidine rings is 1. The second-order valence-corrected chi connectivity index (χ2v) is 9.26. The maximum atomic E-state index is 13.0. The van der Waals surface area contributed by atoms with Crippen LogP contribution in [0.15, 0.2) is 59.1 Å². The minimum absolute atomic E-state index is 0.0250. The fourth-order valence-electron chi connectivity index (χ4n) is 5.65. The summed E-state index contributed by atoms with van der Waals surface area (Å²) in [4.78, 5) is 38.7. The Kier molecular flexibility index (Phi) is 4.87. The molecule has 2 heterocycles. The van der Waals surface area contributed by atoms with Crippen LogP contribution in [-0.2, 0) is 9.53 Å². The predicted molar refractivity (Wildman–Crippen MR) is 124 cm³/mol. The van der Waals surface area contributed by atoms with E-state index in [0.717, 1.165) is 35.1 Å². The molecule has 178 valence electrons. The molecule has 1 saturated heterocycles. The molecule has 1 saturated carbocycles. The topological polar surface area (TPSA) is 122 Å². The van der Waals surface area contributed by atoms with E-state index in [1.165, 1.54) is 11.0 Å². The number of likely N-dealkylation sites (tertiary alicyclic amines) is 1. The average Bonchev–Trinajstić information content (AvgIpc) is 3.33. The van der Waals surface area contributed by atoms with Gasteiger partial charge in [-0.15, -0.1) is 0 Å². The average molecular weight is 473 g/mol. The Morgan fingerprint density at radius 3 is 2.49 bits per heavy atom. The van der Waals surface area contributed by atoms with Crippen LogP contribution in [0.1, 0.15) is 46.8 Å². The number of anilines is 1. The Bertz CT molecular complexity index is 1300. The Balaban J connectivity index is 1.11. The lowest BCUT2D eigenvalue weighted by Crippen LogP contribution is -2.51. The van der Waals surface area contributed by atoms with Gasteiger partial charge in [-0.3, -0.25) is 10.1 Å². The van der Waals surface area contributed by atoms with Gasteiger partial charge in [0.1, 0.15) is 12.1 Å². The number of amides is 2. The minimum atomic E-state index is -1.14. The summed E-state index contributed by atoms with van der Waals surface area (Å²) in [5.41, 5.74) is 3.26. The van der Waals surface area contributed by atoms with Gasteiger partial charge < -0.3 is 19.3 Å². The molecule has 0 radical (unpaired) electrons. The second-order valence-electron chi connectivity index (χ2n) is 9.26. The zero-order valence-electron chi connectivity index (χ0n) is 18.8. The first-order chi connectivity index (χ1) is 17.0. The Labute approximate surface area is 200 Å². The number of carboxylic acid groups (broad SMARTS) is 1. The van der Waals surface area contributed by atoms with Crippen molar-refractivity contribution in [1.82, 2.24) is 10.1 Å². The van der Waals surface area contributed by atoms with Crippen LogP contribution in [-0.4, -0.2) is 51.8 Å². The minimum Gasteiger partial charge on any atom is -0.479 e. The van der Waals surface area contributed by atoms with E-state index in [-0.39, 0.29) is 30.0 Å². The number of hydrogen-bond donors (Lipinski definition) is 2. The van der Waals surface area contributed by atoms with Crippen molar-refractivity contribution in [3.05, 3.63) is 71.4 Å². The molecule has 0 bridgehead atoms. The summed E-state index contributed by atoms with van der Waals surface area (Å²) >= 11 is 0. The summed E-state index contributed by atoms with van der Waals surface area (Å²) in [6.45, 7) is 0.486. The van der Waals surface area contributed by atoms with Crippen LogP contribution in [0.4, 0.5) is 10.7 Å². The molecule has 2 amide bonds. The number of aliphatic carboxylic acids is 1. The van der Waals surface area contributed by atoms with Crippen molar-refractivity contribution in [3.8, 4) is 11.1 Å². The molecule has 9 heteroatoms. The standard InChI is InChI=1S/C26H23N3O6/c30-23(29-11-5-6-15-13-26(15,29)24(31)32)21-12-22(35-28-21)27-25(33)34-14-20-18-9-3-1-7-16(18)17-8-2-4-10-19(17)20/h1-4,7-10,12,15,20H,5-6,11,13-14H2,(H,27,33)(H,31,32). The van der Waals surface area contributed by atoms with E-state index in [1.807, 2.05) is 36.4 Å². The molecule has 2 fully saturated rings. The number of aromatic nitrogens is 1. The Morgan fingerprint density at radius 1 is 1.11 bits per heavy atom. The Hall–Kier alpha value is -4.14. The third kappa shape index (κ3) is 3.38. The first-order valence-electron chi connectivity index (χ1n) is 11.6. The van der Waals surface area contributed by atoms with Crippen LogP contribution in [0.25, 0.3) is 11.1 Å². The number of rotatable bonds is 5. The van der Waals surface area contributed by atoms with Crippen molar-refractivity contribution in [2.45, 2.75) is 30.7 Å². The first-order valence-corrected chi connectivity index (χ1v) is 11.6. The first kappa shape index (κ1) is 21.4. The van der Waals surface area contributed by atoms with Gasteiger partial charge in [0, 0.05) is 18.5 Å². The summed E-state index contributed by atoms with van der Waals surface area (Å²) in [7, 11) is 0. The lowest BCUT2D eigenvalue weighted by molar-refractivity contribution is -0.145. The van der Waals surface area contributed by atoms with E-state index in [0.29, 0.717) is 13.0 Å². The highest BCUT2D eigenvalue weighted by atomic mass is 16.6. The number of ether oxygens (including phenoxy) is 1. The van der Waals surface area contributed by atoms with E-state index in [2.05, 4.69) is 22.6 Å². The lowest BCUT2D eigenvalue weighted by atomic mass is 9.98. The van der Waals surface area contributed by atoms with Gasteiger partial charge in [0.05, 0.1) is 0 Å². The van der Waals surface area contributed by atoms with Gasteiger partial charge in [-0.05, 0) is 47.4 Å². The zero-order valence-corrected chi connectivity index (χ0v) is 18.8. The third-order valence-electron chi connectivity index (χ3n) is 7.40. The summed E-state index contributed by atoms with van der Waals surface area (Å²) in [5, 5.41) is 15.9. The number of nitrogens with one attached hydrogen (secondary N) is 1. The highest BCUT2D eigenvalue weighted by molar-refractivity contribution is 5.99. The zero-order chi connectivity index (χ0) is 24.2. The summed E-state index contributed by atoms with van der Waals surface area (Å²) in [6.07, 6.45) is 1.26. The Morgan fingerprint density at radius 2 is 1.80 bits per heavy atom. The van der Waals surface area contributed by atoms with E-state index in [9.17, 15) is 19.5 Å².